The molecule has 2 atom stereocenters. The summed E-state index contributed by atoms with van der Waals surface area (Å²) in [5.74, 6) is -0.331. The number of ether oxygens (including phenoxy) is 2. The topological polar surface area (TPSA) is 91.3 Å². The first-order chi connectivity index (χ1) is 21.1. The Morgan fingerprint density at radius 1 is 0.705 bits per heavy atom. The first-order valence-electron chi connectivity index (χ1n) is 17.6. The molecule has 0 aromatic heterocycles. The molecule has 260 valence electrons. The van der Waals surface area contributed by atoms with Crippen LogP contribution in [0, 0.1) is 0 Å². The van der Waals surface area contributed by atoms with Gasteiger partial charge < -0.3 is 18.9 Å². The van der Waals surface area contributed by atoms with Gasteiger partial charge in [0.25, 0.3) is 0 Å². The van der Waals surface area contributed by atoms with E-state index in [9.17, 15) is 14.3 Å². The molecule has 0 saturated carbocycles. The smallest absolute Gasteiger partial charge is 0.457 e. The number of carbonyl (C=O) groups excluding carboxylic acids is 1. The van der Waals surface area contributed by atoms with Crippen LogP contribution < -0.4 is 0 Å². The van der Waals surface area contributed by atoms with Crippen LogP contribution in [0.2, 0.25) is 0 Å². The summed E-state index contributed by atoms with van der Waals surface area (Å²) in [6.07, 6.45) is 29.2. The zero-order valence-electron chi connectivity index (χ0n) is 29.1. The van der Waals surface area contributed by atoms with Gasteiger partial charge in [0.05, 0.1) is 34.4 Å². The van der Waals surface area contributed by atoms with Gasteiger partial charge in [0.2, 0.25) is 0 Å². The largest absolute Gasteiger partial charge is 0.472 e. The van der Waals surface area contributed by atoms with Gasteiger partial charge in [-0.25, -0.2) is 4.57 Å². The van der Waals surface area contributed by atoms with Gasteiger partial charge in [-0.2, -0.15) is 0 Å². The first kappa shape index (κ1) is 43.0. The molecule has 0 aliphatic rings. The average Bonchev–Trinajstić information content (AvgIpc) is 2.96. The van der Waals surface area contributed by atoms with Crippen molar-refractivity contribution in [1.29, 1.82) is 0 Å². The summed E-state index contributed by atoms with van der Waals surface area (Å²) in [5.41, 5.74) is 0. The molecular formula is C35H69NO7P+. The number of hydrogen-bond acceptors (Lipinski definition) is 6. The summed E-state index contributed by atoms with van der Waals surface area (Å²) in [6, 6.07) is 0. The van der Waals surface area contributed by atoms with Gasteiger partial charge >= 0.3 is 13.8 Å². The Morgan fingerprint density at radius 2 is 1.27 bits per heavy atom. The highest BCUT2D eigenvalue weighted by molar-refractivity contribution is 7.47. The van der Waals surface area contributed by atoms with Gasteiger partial charge in [0, 0.05) is 13.0 Å². The highest BCUT2D eigenvalue weighted by atomic mass is 31.2. The van der Waals surface area contributed by atoms with E-state index >= 15 is 0 Å². The van der Waals surface area contributed by atoms with E-state index in [2.05, 4.69) is 38.2 Å². The molecule has 44 heavy (non-hydrogen) atoms. The number of quaternary nitrogens is 1. The third kappa shape index (κ3) is 32.4. The van der Waals surface area contributed by atoms with E-state index in [1.807, 2.05) is 21.1 Å². The molecule has 0 heterocycles. The lowest BCUT2D eigenvalue weighted by molar-refractivity contribution is -0.870. The molecule has 0 aliphatic heterocycles. The second kappa shape index (κ2) is 29.4. The molecule has 9 heteroatoms. The number of carbonyl (C=O) groups is 1. The molecule has 0 aromatic carbocycles. The summed E-state index contributed by atoms with van der Waals surface area (Å²) < 4.78 is 34.6. The van der Waals surface area contributed by atoms with E-state index < -0.39 is 13.9 Å². The maximum absolute atomic E-state index is 12.5. The number of rotatable bonds is 32. The Hall–Kier alpha value is -1.02. The van der Waals surface area contributed by atoms with Crippen LogP contribution in [0.5, 0.6) is 0 Å². The number of phosphoric acid groups is 1. The zero-order valence-corrected chi connectivity index (χ0v) is 30.0. The van der Waals surface area contributed by atoms with Crippen molar-refractivity contribution in [3.8, 4) is 0 Å². The molecule has 0 bridgehead atoms. The van der Waals surface area contributed by atoms with Crippen molar-refractivity contribution in [1.82, 2.24) is 0 Å². The third-order valence-electron chi connectivity index (χ3n) is 7.27. The number of esters is 1. The van der Waals surface area contributed by atoms with E-state index in [4.69, 9.17) is 18.5 Å². The van der Waals surface area contributed by atoms with Crippen LogP contribution in [0.4, 0.5) is 0 Å². The SMILES string of the molecule is CCCC/C=C\C/C=C\CCCCCCCC(=O)OC(COCCCCCCCCCC)COP(=O)(O)OCC[N+](C)(C)C. The second-order valence-corrected chi connectivity index (χ2v) is 14.4. The minimum absolute atomic E-state index is 0.0867. The predicted octanol–water partition coefficient (Wildman–Crippen LogP) is 9.32. The summed E-state index contributed by atoms with van der Waals surface area (Å²) in [4.78, 5) is 22.6. The minimum atomic E-state index is -4.26. The van der Waals surface area contributed by atoms with Crippen molar-refractivity contribution in [3.05, 3.63) is 24.3 Å². The Bertz CT molecular complexity index is 767. The maximum atomic E-state index is 12.5. The summed E-state index contributed by atoms with van der Waals surface area (Å²) in [6.45, 7) is 5.53. The van der Waals surface area contributed by atoms with E-state index in [-0.39, 0.29) is 25.8 Å². The lowest BCUT2D eigenvalue weighted by Gasteiger charge is -2.24. The summed E-state index contributed by atoms with van der Waals surface area (Å²) in [5, 5.41) is 0. The third-order valence-corrected chi connectivity index (χ3v) is 8.25. The van der Waals surface area contributed by atoms with Crippen LogP contribution in [0.15, 0.2) is 24.3 Å². The van der Waals surface area contributed by atoms with Gasteiger partial charge in [-0.05, 0) is 38.5 Å². The quantitative estimate of drug-likeness (QED) is 0.0256. The van der Waals surface area contributed by atoms with Crippen LogP contribution >= 0.6 is 7.82 Å². The highest BCUT2D eigenvalue weighted by Gasteiger charge is 2.26. The standard InChI is InChI=1S/C35H68NO7P/c1-6-8-10-12-14-16-17-18-19-20-21-22-24-26-28-35(37)43-34(32-40-30-27-25-23-15-13-11-9-7-2)33-42-44(38,39)41-31-29-36(3,4)5/h12,14,17-18,34H,6-11,13,15-16,19-33H2,1-5H3/p+1/b14-12-,18-17-. The number of nitrogens with zero attached hydrogens (tertiary/aromatic N) is 1. The lowest BCUT2D eigenvalue weighted by Crippen LogP contribution is -2.37. The van der Waals surface area contributed by atoms with E-state index in [1.165, 1.54) is 57.8 Å². The number of unbranched alkanes of at least 4 members (excludes halogenated alkanes) is 14. The van der Waals surface area contributed by atoms with Crippen LogP contribution in [-0.2, 0) is 27.9 Å². The molecule has 0 saturated heterocycles. The highest BCUT2D eigenvalue weighted by Crippen LogP contribution is 2.43. The van der Waals surface area contributed by atoms with Gasteiger partial charge in [-0.15, -0.1) is 0 Å². The molecule has 0 fully saturated rings. The number of phosphoric ester groups is 1. The van der Waals surface area contributed by atoms with Crippen molar-refractivity contribution in [2.45, 2.75) is 142 Å². The molecule has 1 N–H and O–H groups in total. The van der Waals surface area contributed by atoms with Crippen molar-refractivity contribution >= 4 is 13.8 Å². The molecule has 0 rings (SSSR count). The van der Waals surface area contributed by atoms with Crippen molar-refractivity contribution in [2.24, 2.45) is 0 Å². The van der Waals surface area contributed by atoms with Crippen LogP contribution in [-0.4, -0.2) is 75.6 Å². The molecule has 0 aromatic rings. The summed E-state index contributed by atoms with van der Waals surface area (Å²) in [7, 11) is 1.66. The molecule has 2 unspecified atom stereocenters. The fourth-order valence-corrected chi connectivity index (χ4v) is 5.19. The molecule has 0 spiro atoms. The minimum Gasteiger partial charge on any atom is -0.457 e. The summed E-state index contributed by atoms with van der Waals surface area (Å²) >= 11 is 0. The van der Waals surface area contributed by atoms with Gasteiger partial charge in [0.15, 0.2) is 0 Å². The van der Waals surface area contributed by atoms with Crippen LogP contribution in [0.1, 0.15) is 136 Å². The monoisotopic (exact) mass is 646 g/mol. The number of likely N-dealkylation sites (N-methyl/N-ethyl adjacent to an activating group) is 1. The Kier molecular flexibility index (Phi) is 28.7. The van der Waals surface area contributed by atoms with Gasteiger partial charge in [0.1, 0.15) is 19.3 Å². The average molecular weight is 647 g/mol. The van der Waals surface area contributed by atoms with Crippen molar-refractivity contribution in [3.63, 3.8) is 0 Å². The van der Waals surface area contributed by atoms with Crippen molar-refractivity contribution < 1.29 is 37.3 Å². The fourth-order valence-electron chi connectivity index (χ4n) is 4.45. The number of allylic oxidation sites excluding steroid dienone is 4. The second-order valence-electron chi connectivity index (χ2n) is 12.9. The predicted molar refractivity (Wildman–Crippen MR) is 183 cm³/mol. The molecule has 0 radical (unpaired) electrons. The van der Waals surface area contributed by atoms with E-state index in [0.29, 0.717) is 24.1 Å². The maximum Gasteiger partial charge on any atom is 0.472 e. The van der Waals surface area contributed by atoms with Crippen LogP contribution in [0.25, 0.3) is 0 Å². The molecule has 0 amide bonds. The van der Waals surface area contributed by atoms with Gasteiger partial charge in [-0.3, -0.25) is 13.8 Å². The Labute approximate surface area is 271 Å². The Balaban J connectivity index is 4.34. The normalized spacial score (nSPS) is 14.4. The van der Waals surface area contributed by atoms with E-state index in [1.54, 1.807) is 0 Å². The molecular weight excluding hydrogens is 577 g/mol. The van der Waals surface area contributed by atoms with Crippen molar-refractivity contribution in [2.75, 3.05) is 54.1 Å². The molecule has 0 aliphatic carbocycles. The van der Waals surface area contributed by atoms with Crippen LogP contribution in [0.3, 0.4) is 0 Å². The van der Waals surface area contributed by atoms with Gasteiger partial charge in [-0.1, -0.05) is 115 Å². The van der Waals surface area contributed by atoms with E-state index in [0.717, 1.165) is 57.8 Å². The fraction of sp³-hybridized carbons (Fsp3) is 0.857. The Morgan fingerprint density at radius 3 is 1.91 bits per heavy atom. The number of hydrogen-bond donors (Lipinski definition) is 1. The zero-order chi connectivity index (χ0) is 32.8. The molecule has 8 nitrogen and oxygen atoms in total. The lowest BCUT2D eigenvalue weighted by atomic mass is 10.1. The first-order valence-corrected chi connectivity index (χ1v) is 19.1.